The average molecular weight is 296 g/mol. The van der Waals surface area contributed by atoms with E-state index in [1.807, 2.05) is 18.2 Å². The lowest BCUT2D eigenvalue weighted by Gasteiger charge is -2.08. The zero-order chi connectivity index (χ0) is 12.3. The summed E-state index contributed by atoms with van der Waals surface area (Å²) in [5, 5.41) is 0. The summed E-state index contributed by atoms with van der Waals surface area (Å²) < 4.78 is 19.4. The maximum absolute atomic E-state index is 13.0. The van der Waals surface area contributed by atoms with E-state index in [4.69, 9.17) is 10.5 Å². The molecule has 0 aliphatic carbocycles. The van der Waals surface area contributed by atoms with E-state index in [1.54, 1.807) is 12.1 Å². The molecule has 88 valence electrons. The Morgan fingerprint density at radius 2 is 1.94 bits per heavy atom. The summed E-state index contributed by atoms with van der Waals surface area (Å²) in [7, 11) is 0. The molecule has 0 aromatic heterocycles. The Morgan fingerprint density at radius 3 is 2.65 bits per heavy atom. The van der Waals surface area contributed by atoms with Gasteiger partial charge in [0.25, 0.3) is 0 Å². The molecule has 0 aliphatic rings. The topological polar surface area (TPSA) is 35.2 Å². The van der Waals surface area contributed by atoms with Crippen molar-refractivity contribution in [3.05, 3.63) is 58.3 Å². The van der Waals surface area contributed by atoms with Crippen LogP contribution in [-0.4, -0.2) is 0 Å². The normalized spacial score (nSPS) is 10.3. The van der Waals surface area contributed by atoms with Crippen molar-refractivity contribution in [2.24, 2.45) is 5.73 Å². The fourth-order valence-electron chi connectivity index (χ4n) is 1.46. The van der Waals surface area contributed by atoms with Crippen LogP contribution in [-0.2, 0) is 6.54 Å². The molecule has 0 saturated carbocycles. The molecule has 0 heterocycles. The molecule has 2 aromatic carbocycles. The molecule has 0 amide bonds. The molecular weight excluding hydrogens is 285 g/mol. The van der Waals surface area contributed by atoms with Gasteiger partial charge in [-0.1, -0.05) is 22.0 Å². The minimum absolute atomic E-state index is 0.323. The zero-order valence-electron chi connectivity index (χ0n) is 8.99. The van der Waals surface area contributed by atoms with E-state index in [1.165, 1.54) is 12.1 Å². The molecule has 0 atom stereocenters. The molecule has 2 N–H and O–H groups in total. The highest BCUT2D eigenvalue weighted by Gasteiger charge is 2.02. The van der Waals surface area contributed by atoms with E-state index in [-0.39, 0.29) is 5.82 Å². The Kier molecular flexibility index (Phi) is 3.76. The maximum Gasteiger partial charge on any atom is 0.130 e. The van der Waals surface area contributed by atoms with Crippen LogP contribution < -0.4 is 10.5 Å². The number of hydrogen-bond donors (Lipinski definition) is 1. The summed E-state index contributed by atoms with van der Waals surface area (Å²) >= 11 is 3.37. The second-order valence-corrected chi connectivity index (χ2v) is 4.47. The number of halogens is 2. The molecule has 17 heavy (non-hydrogen) atoms. The van der Waals surface area contributed by atoms with E-state index in [0.29, 0.717) is 18.0 Å². The standard InChI is InChI=1S/C13H11BrFNO/c14-10-4-9(8-16)5-13(6-10)17-12-3-1-2-11(15)7-12/h1-7H,8,16H2. The molecule has 2 rings (SSSR count). The van der Waals surface area contributed by atoms with Crippen molar-refractivity contribution in [2.75, 3.05) is 0 Å². The first kappa shape index (κ1) is 12.1. The number of benzene rings is 2. The van der Waals surface area contributed by atoms with Crippen LogP contribution in [0.5, 0.6) is 11.5 Å². The van der Waals surface area contributed by atoms with Crippen LogP contribution in [0.3, 0.4) is 0 Å². The van der Waals surface area contributed by atoms with Gasteiger partial charge in [0.1, 0.15) is 17.3 Å². The van der Waals surface area contributed by atoms with E-state index >= 15 is 0 Å². The Morgan fingerprint density at radius 1 is 1.12 bits per heavy atom. The van der Waals surface area contributed by atoms with Gasteiger partial charge in [0.05, 0.1) is 0 Å². The fraction of sp³-hybridized carbons (Fsp3) is 0.0769. The first-order chi connectivity index (χ1) is 8.17. The Bertz CT molecular complexity index is 531. The predicted molar refractivity (Wildman–Crippen MR) is 68.5 cm³/mol. The Hall–Kier alpha value is -1.39. The fourth-order valence-corrected chi connectivity index (χ4v) is 1.98. The Labute approximate surface area is 107 Å². The van der Waals surface area contributed by atoms with Gasteiger partial charge in [0.15, 0.2) is 0 Å². The van der Waals surface area contributed by atoms with Crippen LogP contribution in [0.25, 0.3) is 0 Å². The molecule has 2 nitrogen and oxygen atoms in total. The van der Waals surface area contributed by atoms with Crippen LogP contribution >= 0.6 is 15.9 Å². The van der Waals surface area contributed by atoms with E-state index < -0.39 is 0 Å². The van der Waals surface area contributed by atoms with Crippen LogP contribution in [0.15, 0.2) is 46.9 Å². The number of nitrogens with two attached hydrogens (primary N) is 1. The summed E-state index contributed by atoms with van der Waals surface area (Å²) in [5.41, 5.74) is 6.52. The van der Waals surface area contributed by atoms with Gasteiger partial charge >= 0.3 is 0 Å². The summed E-state index contributed by atoms with van der Waals surface area (Å²) in [5.74, 6) is 0.771. The van der Waals surface area contributed by atoms with Gasteiger partial charge in [0.2, 0.25) is 0 Å². The minimum Gasteiger partial charge on any atom is -0.457 e. The number of hydrogen-bond acceptors (Lipinski definition) is 2. The predicted octanol–water partition coefficient (Wildman–Crippen LogP) is 3.84. The number of rotatable bonds is 3. The molecule has 0 bridgehead atoms. The molecule has 0 spiro atoms. The molecule has 4 heteroatoms. The molecule has 0 saturated heterocycles. The van der Waals surface area contributed by atoms with Gasteiger partial charge in [-0.2, -0.15) is 0 Å². The molecular formula is C13H11BrFNO. The molecule has 0 aliphatic heterocycles. The second kappa shape index (κ2) is 5.29. The van der Waals surface area contributed by atoms with Crippen LogP contribution in [0.2, 0.25) is 0 Å². The van der Waals surface area contributed by atoms with Crippen LogP contribution in [0.1, 0.15) is 5.56 Å². The van der Waals surface area contributed by atoms with Crippen LogP contribution in [0, 0.1) is 5.82 Å². The highest BCUT2D eigenvalue weighted by atomic mass is 79.9. The first-order valence-electron chi connectivity index (χ1n) is 5.10. The molecule has 0 unspecified atom stereocenters. The first-order valence-corrected chi connectivity index (χ1v) is 5.89. The Balaban J connectivity index is 2.26. The highest BCUT2D eigenvalue weighted by Crippen LogP contribution is 2.26. The molecule has 2 aromatic rings. The van der Waals surface area contributed by atoms with Crippen molar-refractivity contribution in [1.82, 2.24) is 0 Å². The smallest absolute Gasteiger partial charge is 0.130 e. The average Bonchev–Trinajstić information content (AvgIpc) is 2.28. The number of ether oxygens (including phenoxy) is 1. The molecule has 0 fully saturated rings. The lowest BCUT2D eigenvalue weighted by Crippen LogP contribution is -1.96. The van der Waals surface area contributed by atoms with Gasteiger partial charge < -0.3 is 10.5 Å². The van der Waals surface area contributed by atoms with Gasteiger partial charge in [-0.25, -0.2) is 4.39 Å². The second-order valence-electron chi connectivity index (χ2n) is 3.56. The quantitative estimate of drug-likeness (QED) is 0.934. The lowest BCUT2D eigenvalue weighted by molar-refractivity contribution is 0.476. The van der Waals surface area contributed by atoms with E-state index in [2.05, 4.69) is 15.9 Å². The lowest BCUT2D eigenvalue weighted by atomic mass is 10.2. The SMILES string of the molecule is NCc1cc(Br)cc(Oc2cccc(F)c2)c1. The summed E-state index contributed by atoms with van der Waals surface area (Å²) in [6.45, 7) is 0.430. The van der Waals surface area contributed by atoms with Crippen molar-refractivity contribution in [3.63, 3.8) is 0 Å². The summed E-state index contributed by atoms with van der Waals surface area (Å²) in [4.78, 5) is 0. The maximum atomic E-state index is 13.0. The van der Waals surface area contributed by atoms with Gasteiger partial charge in [0, 0.05) is 17.1 Å². The van der Waals surface area contributed by atoms with Crippen molar-refractivity contribution in [3.8, 4) is 11.5 Å². The monoisotopic (exact) mass is 295 g/mol. The van der Waals surface area contributed by atoms with Gasteiger partial charge in [-0.15, -0.1) is 0 Å². The molecule has 0 radical (unpaired) electrons. The van der Waals surface area contributed by atoms with Crippen molar-refractivity contribution in [2.45, 2.75) is 6.54 Å². The summed E-state index contributed by atoms with van der Waals surface area (Å²) in [6, 6.07) is 11.6. The van der Waals surface area contributed by atoms with Crippen molar-refractivity contribution >= 4 is 15.9 Å². The van der Waals surface area contributed by atoms with E-state index in [0.717, 1.165) is 10.0 Å². The van der Waals surface area contributed by atoms with Crippen molar-refractivity contribution < 1.29 is 9.13 Å². The third-order valence-corrected chi connectivity index (χ3v) is 2.66. The van der Waals surface area contributed by atoms with E-state index in [9.17, 15) is 4.39 Å². The van der Waals surface area contributed by atoms with Crippen LogP contribution in [0.4, 0.5) is 4.39 Å². The van der Waals surface area contributed by atoms with Gasteiger partial charge in [-0.05, 0) is 35.9 Å². The highest BCUT2D eigenvalue weighted by molar-refractivity contribution is 9.10. The largest absolute Gasteiger partial charge is 0.457 e. The summed E-state index contributed by atoms with van der Waals surface area (Å²) in [6.07, 6.45) is 0. The van der Waals surface area contributed by atoms with Crippen molar-refractivity contribution in [1.29, 1.82) is 0 Å². The van der Waals surface area contributed by atoms with Gasteiger partial charge in [-0.3, -0.25) is 0 Å². The third kappa shape index (κ3) is 3.28. The zero-order valence-corrected chi connectivity index (χ0v) is 10.6. The minimum atomic E-state index is -0.323. The third-order valence-electron chi connectivity index (χ3n) is 2.20.